The number of ether oxygens (including phenoxy) is 1. The largest absolute Gasteiger partial charge is 0.457 e. The van der Waals surface area contributed by atoms with E-state index in [1.54, 1.807) is 42.5 Å². The van der Waals surface area contributed by atoms with Crippen LogP contribution in [0.15, 0.2) is 78.9 Å². The zero-order chi connectivity index (χ0) is 24.3. The van der Waals surface area contributed by atoms with Crippen LogP contribution in [-0.4, -0.2) is 15.7 Å². The number of benzene rings is 3. The van der Waals surface area contributed by atoms with Gasteiger partial charge in [0.25, 0.3) is 5.91 Å². The number of nitrogens with zero attached hydrogens (tertiary/aromatic N) is 2. The van der Waals surface area contributed by atoms with Crippen LogP contribution in [0, 0.1) is 5.82 Å². The van der Waals surface area contributed by atoms with Gasteiger partial charge in [-0.1, -0.05) is 30.3 Å². The van der Waals surface area contributed by atoms with E-state index in [4.69, 9.17) is 10.5 Å². The van der Waals surface area contributed by atoms with Crippen LogP contribution in [0.5, 0.6) is 11.5 Å². The van der Waals surface area contributed by atoms with Crippen LogP contribution in [-0.2, 0) is 12.7 Å². The highest BCUT2D eigenvalue weighted by atomic mass is 19.4. The molecule has 174 valence electrons. The maximum absolute atomic E-state index is 14.4. The first-order valence-corrected chi connectivity index (χ1v) is 10.0. The van der Waals surface area contributed by atoms with Gasteiger partial charge in [-0.3, -0.25) is 4.79 Å². The summed E-state index contributed by atoms with van der Waals surface area (Å²) in [6.45, 7) is 0.141. The molecule has 6 nitrogen and oxygen atoms in total. The summed E-state index contributed by atoms with van der Waals surface area (Å²) in [5, 5.41) is 5.87. The van der Waals surface area contributed by atoms with Gasteiger partial charge in [0.2, 0.25) is 0 Å². The third kappa shape index (κ3) is 5.07. The van der Waals surface area contributed by atoms with E-state index in [1.807, 2.05) is 0 Å². The highest BCUT2D eigenvalue weighted by molar-refractivity contribution is 6.03. The maximum Gasteiger partial charge on any atom is 0.435 e. The molecule has 10 heteroatoms. The number of hydrogen-bond acceptors (Lipinski definition) is 4. The second kappa shape index (κ2) is 9.36. The molecular formula is C24H18F4N4O2. The highest BCUT2D eigenvalue weighted by Crippen LogP contribution is 2.31. The van der Waals surface area contributed by atoms with Crippen LogP contribution in [0.3, 0.4) is 0 Å². The molecule has 0 unspecified atom stereocenters. The Morgan fingerprint density at radius 1 is 0.971 bits per heavy atom. The van der Waals surface area contributed by atoms with Crippen molar-refractivity contribution < 1.29 is 27.1 Å². The Morgan fingerprint density at radius 3 is 2.44 bits per heavy atom. The number of para-hydroxylation sites is 1. The van der Waals surface area contributed by atoms with Gasteiger partial charge in [-0.15, -0.1) is 0 Å². The predicted octanol–water partition coefficient (Wildman–Crippen LogP) is 5.53. The van der Waals surface area contributed by atoms with E-state index in [0.717, 1.165) is 10.7 Å². The molecule has 0 saturated carbocycles. The normalized spacial score (nSPS) is 11.3. The van der Waals surface area contributed by atoms with Gasteiger partial charge in [0.1, 0.15) is 23.0 Å². The molecule has 0 aliphatic carbocycles. The number of nitrogens with one attached hydrogen (secondary N) is 1. The fourth-order valence-corrected chi connectivity index (χ4v) is 3.17. The van der Waals surface area contributed by atoms with Gasteiger partial charge in [0.15, 0.2) is 5.69 Å². The Morgan fingerprint density at radius 2 is 1.74 bits per heavy atom. The van der Waals surface area contributed by atoms with Crippen molar-refractivity contribution in [1.29, 1.82) is 0 Å². The second-order valence-electron chi connectivity index (χ2n) is 7.21. The molecule has 1 amide bonds. The van der Waals surface area contributed by atoms with E-state index < -0.39 is 29.3 Å². The summed E-state index contributed by atoms with van der Waals surface area (Å²) in [5.74, 6) is -1.07. The SMILES string of the molecule is NCc1cccc(-n2nc(C(F)(F)F)cc2C(=O)Nc2cc(Oc3ccccc3)ccc2F)c1. The minimum absolute atomic E-state index is 0.141. The number of halogens is 4. The van der Waals surface area contributed by atoms with Gasteiger partial charge in [-0.25, -0.2) is 9.07 Å². The maximum atomic E-state index is 14.4. The molecule has 4 aromatic rings. The van der Waals surface area contributed by atoms with E-state index in [0.29, 0.717) is 17.4 Å². The molecule has 0 spiro atoms. The lowest BCUT2D eigenvalue weighted by molar-refractivity contribution is -0.141. The van der Waals surface area contributed by atoms with E-state index in [1.165, 1.54) is 24.3 Å². The number of carbonyl (C=O) groups is 1. The fraction of sp³-hybridized carbons (Fsp3) is 0.0833. The van der Waals surface area contributed by atoms with Gasteiger partial charge >= 0.3 is 6.18 Å². The molecule has 1 heterocycles. The first-order chi connectivity index (χ1) is 16.2. The van der Waals surface area contributed by atoms with Crippen molar-refractivity contribution >= 4 is 11.6 Å². The number of amides is 1. The van der Waals surface area contributed by atoms with Crippen molar-refractivity contribution in [3.05, 3.63) is 102 Å². The summed E-state index contributed by atoms with van der Waals surface area (Å²) in [6.07, 6.45) is -4.79. The summed E-state index contributed by atoms with van der Waals surface area (Å²) in [4.78, 5) is 13.0. The van der Waals surface area contributed by atoms with Crippen LogP contribution in [0.2, 0.25) is 0 Å². The zero-order valence-corrected chi connectivity index (χ0v) is 17.5. The average molecular weight is 470 g/mol. The van der Waals surface area contributed by atoms with Crippen molar-refractivity contribution in [3.8, 4) is 17.2 Å². The van der Waals surface area contributed by atoms with Crippen molar-refractivity contribution in [3.63, 3.8) is 0 Å². The number of hydrogen-bond donors (Lipinski definition) is 2. The Kier molecular flexibility index (Phi) is 6.33. The Labute approximate surface area is 191 Å². The summed E-state index contributed by atoms with van der Waals surface area (Å²) in [6, 6.07) is 19.2. The molecule has 3 N–H and O–H groups in total. The first-order valence-electron chi connectivity index (χ1n) is 10.0. The standard InChI is InChI=1S/C24H18F4N4O2/c25-19-10-9-18(34-17-7-2-1-3-8-17)12-20(19)30-23(33)21-13-22(24(26,27)28)31-32(21)16-6-4-5-15(11-16)14-29/h1-13H,14,29H2,(H,30,33). The number of anilines is 1. The third-order valence-electron chi connectivity index (χ3n) is 4.79. The molecule has 4 rings (SSSR count). The molecule has 0 aliphatic heterocycles. The first kappa shape index (κ1) is 23.0. The van der Waals surface area contributed by atoms with Crippen molar-refractivity contribution in [2.45, 2.75) is 12.7 Å². The van der Waals surface area contributed by atoms with Gasteiger partial charge in [0, 0.05) is 18.7 Å². The topological polar surface area (TPSA) is 82.2 Å². The zero-order valence-electron chi connectivity index (χ0n) is 17.5. The van der Waals surface area contributed by atoms with Crippen molar-refractivity contribution in [1.82, 2.24) is 9.78 Å². The number of alkyl halides is 3. The Balaban J connectivity index is 1.68. The van der Waals surface area contributed by atoms with Gasteiger partial charge in [-0.2, -0.15) is 18.3 Å². The average Bonchev–Trinajstić information content (AvgIpc) is 3.28. The lowest BCUT2D eigenvalue weighted by Gasteiger charge is -2.11. The monoisotopic (exact) mass is 470 g/mol. The number of aromatic nitrogens is 2. The minimum Gasteiger partial charge on any atom is -0.457 e. The molecule has 0 saturated heterocycles. The molecule has 3 aromatic carbocycles. The van der Waals surface area contributed by atoms with Crippen LogP contribution in [0.1, 0.15) is 21.7 Å². The lowest BCUT2D eigenvalue weighted by atomic mass is 10.2. The summed E-state index contributed by atoms with van der Waals surface area (Å²) >= 11 is 0. The molecular weight excluding hydrogens is 452 g/mol. The summed E-state index contributed by atoms with van der Waals surface area (Å²) in [7, 11) is 0. The van der Waals surface area contributed by atoms with E-state index in [-0.39, 0.29) is 23.7 Å². The van der Waals surface area contributed by atoms with Gasteiger partial charge in [0.05, 0.1) is 11.4 Å². The van der Waals surface area contributed by atoms with Crippen LogP contribution < -0.4 is 15.8 Å². The van der Waals surface area contributed by atoms with Crippen LogP contribution in [0.25, 0.3) is 5.69 Å². The van der Waals surface area contributed by atoms with E-state index >= 15 is 0 Å². The fourth-order valence-electron chi connectivity index (χ4n) is 3.17. The highest BCUT2D eigenvalue weighted by Gasteiger charge is 2.36. The molecule has 0 aliphatic rings. The smallest absolute Gasteiger partial charge is 0.435 e. The number of rotatable bonds is 6. The van der Waals surface area contributed by atoms with E-state index in [2.05, 4.69) is 10.4 Å². The van der Waals surface area contributed by atoms with Gasteiger partial charge < -0.3 is 15.8 Å². The Hall–Kier alpha value is -4.18. The molecule has 1 aromatic heterocycles. The lowest BCUT2D eigenvalue weighted by Crippen LogP contribution is -2.18. The second-order valence-corrected chi connectivity index (χ2v) is 7.21. The molecule has 0 bridgehead atoms. The molecule has 0 atom stereocenters. The van der Waals surface area contributed by atoms with Gasteiger partial charge in [-0.05, 0) is 42.0 Å². The Bertz CT molecular complexity index is 1320. The van der Waals surface area contributed by atoms with Crippen LogP contribution >= 0.6 is 0 Å². The minimum atomic E-state index is -4.79. The molecule has 0 radical (unpaired) electrons. The summed E-state index contributed by atoms with van der Waals surface area (Å²) < 4.78 is 61.0. The van der Waals surface area contributed by atoms with Crippen molar-refractivity contribution in [2.75, 3.05) is 5.32 Å². The summed E-state index contributed by atoms with van der Waals surface area (Å²) in [5.41, 5.74) is 4.47. The quantitative estimate of drug-likeness (QED) is 0.363. The van der Waals surface area contributed by atoms with Crippen molar-refractivity contribution in [2.24, 2.45) is 5.73 Å². The van der Waals surface area contributed by atoms with E-state index in [9.17, 15) is 22.4 Å². The van der Waals surface area contributed by atoms with Crippen LogP contribution in [0.4, 0.5) is 23.2 Å². The molecule has 0 fully saturated rings. The molecule has 34 heavy (non-hydrogen) atoms. The predicted molar refractivity (Wildman–Crippen MR) is 117 cm³/mol. The number of carbonyl (C=O) groups excluding carboxylic acids is 1. The number of nitrogens with two attached hydrogens (primary N) is 1. The third-order valence-corrected chi connectivity index (χ3v) is 4.79.